The largest absolute Gasteiger partial charge is 0.493 e. The molecule has 10 nitrogen and oxygen atoms in total. The van der Waals surface area contributed by atoms with E-state index in [0.717, 1.165) is 0 Å². The third-order valence-electron chi connectivity index (χ3n) is 4.65. The Labute approximate surface area is 191 Å². The van der Waals surface area contributed by atoms with Crippen LogP contribution in [0.4, 0.5) is 0 Å². The predicted octanol–water partition coefficient (Wildman–Crippen LogP) is 2.38. The van der Waals surface area contributed by atoms with E-state index < -0.39 is 22.0 Å². The molecular formula is C22H24N4O6S. The Morgan fingerprint density at radius 3 is 2.42 bits per heavy atom. The van der Waals surface area contributed by atoms with Crippen molar-refractivity contribution in [3.8, 4) is 11.5 Å². The monoisotopic (exact) mass is 472 g/mol. The maximum absolute atomic E-state index is 13.6. The van der Waals surface area contributed by atoms with Crippen molar-refractivity contribution in [2.75, 3.05) is 21.3 Å². The van der Waals surface area contributed by atoms with Gasteiger partial charge in [-0.1, -0.05) is 30.3 Å². The number of hydrogen-bond acceptors (Lipinski definition) is 8. The summed E-state index contributed by atoms with van der Waals surface area (Å²) in [7, 11) is -0.213. The molecule has 0 amide bonds. The lowest BCUT2D eigenvalue weighted by atomic mass is 10.1. The molecular weight excluding hydrogens is 448 g/mol. The van der Waals surface area contributed by atoms with Gasteiger partial charge in [-0.25, -0.2) is 18.2 Å². The minimum absolute atomic E-state index is 0.0122. The van der Waals surface area contributed by atoms with Gasteiger partial charge in [-0.2, -0.15) is 9.82 Å². The van der Waals surface area contributed by atoms with Crippen LogP contribution in [0.1, 0.15) is 28.8 Å². The Morgan fingerprint density at radius 2 is 1.85 bits per heavy atom. The van der Waals surface area contributed by atoms with E-state index in [-0.39, 0.29) is 22.2 Å². The second kappa shape index (κ2) is 10.3. The topological polar surface area (TPSA) is 132 Å². The van der Waals surface area contributed by atoms with E-state index in [9.17, 15) is 13.2 Å². The van der Waals surface area contributed by atoms with Crippen molar-refractivity contribution in [3.63, 3.8) is 0 Å². The molecule has 33 heavy (non-hydrogen) atoms. The van der Waals surface area contributed by atoms with Crippen LogP contribution in [0.5, 0.6) is 11.5 Å². The van der Waals surface area contributed by atoms with Gasteiger partial charge in [-0.05, 0) is 36.3 Å². The van der Waals surface area contributed by atoms with Crippen molar-refractivity contribution in [1.29, 1.82) is 0 Å². The molecule has 1 atom stereocenters. The van der Waals surface area contributed by atoms with Crippen LogP contribution >= 0.6 is 0 Å². The molecule has 0 saturated carbocycles. The third-order valence-corrected chi connectivity index (χ3v) is 6.08. The van der Waals surface area contributed by atoms with Crippen molar-refractivity contribution in [2.45, 2.75) is 17.9 Å². The Morgan fingerprint density at radius 1 is 1.12 bits per heavy atom. The van der Waals surface area contributed by atoms with Crippen LogP contribution in [-0.4, -0.2) is 50.9 Å². The van der Waals surface area contributed by atoms with E-state index in [1.165, 1.54) is 39.5 Å². The van der Waals surface area contributed by atoms with Gasteiger partial charge in [0.2, 0.25) is 10.0 Å². The second-order valence-electron chi connectivity index (χ2n) is 6.86. The summed E-state index contributed by atoms with van der Waals surface area (Å²) in [5, 5.41) is 6.87. The van der Waals surface area contributed by atoms with E-state index >= 15 is 0 Å². The van der Waals surface area contributed by atoms with Crippen molar-refractivity contribution in [2.24, 2.45) is 0 Å². The first-order valence-corrected chi connectivity index (χ1v) is 11.3. The number of esters is 1. The highest BCUT2D eigenvalue weighted by Crippen LogP contribution is 2.37. The number of methoxy groups -OCH3 is 3. The molecule has 2 N–H and O–H groups in total. The second-order valence-corrected chi connectivity index (χ2v) is 8.54. The molecule has 174 valence electrons. The zero-order chi connectivity index (χ0) is 24.0. The number of aromatic nitrogens is 3. The van der Waals surface area contributed by atoms with Gasteiger partial charge in [-0.3, -0.25) is 5.10 Å². The van der Waals surface area contributed by atoms with Crippen molar-refractivity contribution >= 4 is 22.1 Å². The fraction of sp³-hybridized carbons (Fsp3) is 0.227. The van der Waals surface area contributed by atoms with Crippen LogP contribution in [0, 0.1) is 6.92 Å². The minimum Gasteiger partial charge on any atom is -0.493 e. The summed E-state index contributed by atoms with van der Waals surface area (Å²) >= 11 is 0. The molecule has 0 fully saturated rings. The Bertz CT molecular complexity index is 1260. The molecule has 1 heterocycles. The molecule has 0 saturated heterocycles. The van der Waals surface area contributed by atoms with Crippen LogP contribution in [0.2, 0.25) is 0 Å². The van der Waals surface area contributed by atoms with Gasteiger partial charge < -0.3 is 14.2 Å². The SMILES string of the molecule is COC(=O)/C=C/c1cc(OC)c(OC)c(S(=O)(=O)NC(c2ccccc2)c2n[nH]c(C)n2)c1. The standard InChI is InChI=1S/C22H24N4O6S/c1-14-23-22(25-24-14)20(16-8-6-5-7-9-16)26-33(28,29)18-13-15(10-11-19(27)31-3)12-17(30-2)21(18)32-4/h5-13,20,26H,1-4H3,(H,23,24,25)/b11-10+. The van der Waals surface area contributed by atoms with Crippen LogP contribution in [0.25, 0.3) is 6.08 Å². The third kappa shape index (κ3) is 5.57. The fourth-order valence-corrected chi connectivity index (χ4v) is 4.50. The quantitative estimate of drug-likeness (QED) is 0.358. The average molecular weight is 473 g/mol. The summed E-state index contributed by atoms with van der Waals surface area (Å²) in [5.41, 5.74) is 1.04. The number of carbonyl (C=O) groups is 1. The summed E-state index contributed by atoms with van der Waals surface area (Å²) in [5.74, 6) is 0.402. The lowest BCUT2D eigenvalue weighted by Gasteiger charge is -2.19. The van der Waals surface area contributed by atoms with Gasteiger partial charge in [0.1, 0.15) is 16.8 Å². The number of nitrogens with zero attached hydrogens (tertiary/aromatic N) is 2. The molecule has 0 radical (unpaired) electrons. The first-order chi connectivity index (χ1) is 15.8. The summed E-state index contributed by atoms with van der Waals surface area (Å²) in [6, 6.07) is 11.0. The zero-order valence-corrected chi connectivity index (χ0v) is 19.3. The maximum Gasteiger partial charge on any atom is 0.330 e. The number of hydrogen-bond donors (Lipinski definition) is 2. The first-order valence-electron chi connectivity index (χ1n) is 9.77. The fourth-order valence-electron chi connectivity index (χ4n) is 3.10. The Kier molecular flexibility index (Phi) is 7.46. The molecule has 0 bridgehead atoms. The molecule has 0 aliphatic heterocycles. The number of rotatable bonds is 9. The molecule has 1 unspecified atom stereocenters. The molecule has 11 heteroatoms. The van der Waals surface area contributed by atoms with Crippen molar-refractivity contribution < 1.29 is 27.4 Å². The van der Waals surface area contributed by atoms with Crippen molar-refractivity contribution in [1.82, 2.24) is 19.9 Å². The average Bonchev–Trinajstić information content (AvgIpc) is 3.26. The van der Waals surface area contributed by atoms with Gasteiger partial charge >= 0.3 is 5.97 Å². The zero-order valence-electron chi connectivity index (χ0n) is 18.5. The molecule has 2 aromatic carbocycles. The number of nitrogens with one attached hydrogen (secondary N) is 2. The summed E-state index contributed by atoms with van der Waals surface area (Å²) in [4.78, 5) is 15.6. The van der Waals surface area contributed by atoms with E-state index in [4.69, 9.17) is 9.47 Å². The van der Waals surface area contributed by atoms with Gasteiger partial charge in [0.25, 0.3) is 0 Å². The highest BCUT2D eigenvalue weighted by Gasteiger charge is 2.30. The Balaban J connectivity index is 2.10. The lowest BCUT2D eigenvalue weighted by molar-refractivity contribution is -0.134. The minimum atomic E-state index is -4.19. The molecule has 0 aliphatic rings. The van der Waals surface area contributed by atoms with Gasteiger partial charge in [0, 0.05) is 6.08 Å². The number of carbonyl (C=O) groups excluding carboxylic acids is 1. The van der Waals surface area contributed by atoms with Gasteiger partial charge in [0.05, 0.1) is 21.3 Å². The first kappa shape index (κ1) is 24.0. The van der Waals surface area contributed by atoms with E-state index in [1.807, 2.05) is 6.07 Å². The number of ether oxygens (including phenoxy) is 3. The van der Waals surface area contributed by atoms with Crippen molar-refractivity contribution in [3.05, 3.63) is 71.3 Å². The van der Waals surface area contributed by atoms with Crippen LogP contribution < -0.4 is 14.2 Å². The van der Waals surface area contributed by atoms with Crippen LogP contribution in [-0.2, 0) is 19.6 Å². The number of aryl methyl sites for hydroxylation is 1. The maximum atomic E-state index is 13.6. The summed E-state index contributed by atoms with van der Waals surface area (Å²) in [6.07, 6.45) is 2.59. The van der Waals surface area contributed by atoms with E-state index in [2.05, 4.69) is 24.6 Å². The normalized spacial score (nSPS) is 12.5. The van der Waals surface area contributed by atoms with Crippen LogP contribution in [0.15, 0.2) is 53.4 Å². The smallest absolute Gasteiger partial charge is 0.330 e. The number of sulfonamides is 1. The molecule has 1 aromatic heterocycles. The number of aromatic amines is 1. The Hall–Kier alpha value is -3.70. The lowest BCUT2D eigenvalue weighted by Crippen LogP contribution is -2.30. The molecule has 0 aliphatic carbocycles. The molecule has 3 aromatic rings. The number of H-pyrrole nitrogens is 1. The summed E-state index contributed by atoms with van der Waals surface area (Å²) < 4.78 is 45.1. The number of benzene rings is 2. The van der Waals surface area contributed by atoms with Gasteiger partial charge in [0.15, 0.2) is 17.3 Å². The van der Waals surface area contributed by atoms with E-state index in [1.54, 1.807) is 37.3 Å². The molecule has 0 spiro atoms. The van der Waals surface area contributed by atoms with Gasteiger partial charge in [-0.15, -0.1) is 0 Å². The van der Waals surface area contributed by atoms with E-state index in [0.29, 0.717) is 17.0 Å². The molecule has 3 rings (SSSR count). The highest BCUT2D eigenvalue weighted by atomic mass is 32.2. The van der Waals surface area contributed by atoms with Crippen LogP contribution in [0.3, 0.4) is 0 Å². The predicted molar refractivity (Wildman–Crippen MR) is 120 cm³/mol. The highest BCUT2D eigenvalue weighted by molar-refractivity contribution is 7.89. The summed E-state index contributed by atoms with van der Waals surface area (Å²) in [6.45, 7) is 1.72.